The average molecular weight is 299 g/mol. The number of sulfonamides is 1. The standard InChI is InChI=1S/C10H16F3N3O2S/c1-2-16-7-9(5-8(16)6-14)19(17,18)15-4-3-10(11,12)13/h5,7,15H,2-4,6,14H2,1H3. The summed E-state index contributed by atoms with van der Waals surface area (Å²) in [6.45, 7) is 1.82. The fourth-order valence-electron chi connectivity index (χ4n) is 1.55. The molecular formula is C10H16F3N3O2S. The summed E-state index contributed by atoms with van der Waals surface area (Å²) in [5.74, 6) is 0. The molecule has 3 N–H and O–H groups in total. The second-order valence-electron chi connectivity index (χ2n) is 3.92. The maximum absolute atomic E-state index is 12.0. The van der Waals surface area contributed by atoms with Crippen LogP contribution in [-0.2, 0) is 23.1 Å². The van der Waals surface area contributed by atoms with Crippen LogP contribution in [-0.4, -0.2) is 25.7 Å². The molecule has 0 fully saturated rings. The topological polar surface area (TPSA) is 77.1 Å². The van der Waals surface area contributed by atoms with E-state index in [4.69, 9.17) is 5.73 Å². The summed E-state index contributed by atoms with van der Waals surface area (Å²) in [5.41, 5.74) is 6.07. The molecule has 5 nitrogen and oxygen atoms in total. The van der Waals surface area contributed by atoms with Crippen LogP contribution in [0.4, 0.5) is 13.2 Å². The third-order valence-corrected chi connectivity index (χ3v) is 3.95. The Balaban J connectivity index is 2.80. The molecule has 0 aromatic carbocycles. The number of halogens is 3. The molecule has 1 aromatic rings. The van der Waals surface area contributed by atoms with E-state index in [-0.39, 0.29) is 11.4 Å². The highest BCUT2D eigenvalue weighted by Crippen LogP contribution is 2.19. The van der Waals surface area contributed by atoms with E-state index in [1.165, 1.54) is 12.3 Å². The quantitative estimate of drug-likeness (QED) is 0.828. The minimum absolute atomic E-state index is 0.0722. The van der Waals surface area contributed by atoms with Crippen molar-refractivity contribution in [2.24, 2.45) is 5.73 Å². The van der Waals surface area contributed by atoms with Gasteiger partial charge in [0.25, 0.3) is 0 Å². The van der Waals surface area contributed by atoms with Crippen molar-refractivity contribution < 1.29 is 21.6 Å². The van der Waals surface area contributed by atoms with E-state index in [1.54, 1.807) is 4.57 Å². The fraction of sp³-hybridized carbons (Fsp3) is 0.600. The number of alkyl halides is 3. The maximum Gasteiger partial charge on any atom is 0.390 e. The van der Waals surface area contributed by atoms with Crippen LogP contribution in [0, 0.1) is 0 Å². The Morgan fingerprint density at radius 3 is 2.47 bits per heavy atom. The molecule has 1 rings (SSSR count). The van der Waals surface area contributed by atoms with E-state index in [1.807, 2.05) is 11.6 Å². The molecule has 1 aromatic heterocycles. The molecular weight excluding hydrogens is 283 g/mol. The van der Waals surface area contributed by atoms with Gasteiger partial charge in [0.15, 0.2) is 0 Å². The second kappa shape index (κ2) is 5.93. The predicted octanol–water partition coefficient (Wildman–Crippen LogP) is 1.20. The molecule has 0 saturated carbocycles. The molecule has 0 spiro atoms. The van der Waals surface area contributed by atoms with Crippen LogP contribution < -0.4 is 10.5 Å². The van der Waals surface area contributed by atoms with Crippen molar-refractivity contribution in [2.45, 2.75) is 37.5 Å². The van der Waals surface area contributed by atoms with Gasteiger partial charge in [-0.3, -0.25) is 0 Å². The molecule has 0 aliphatic rings. The third kappa shape index (κ3) is 4.51. The Bertz CT molecular complexity index is 501. The highest BCUT2D eigenvalue weighted by atomic mass is 32.2. The van der Waals surface area contributed by atoms with Gasteiger partial charge in [-0.15, -0.1) is 0 Å². The van der Waals surface area contributed by atoms with Crippen LogP contribution in [0.25, 0.3) is 0 Å². The van der Waals surface area contributed by atoms with Crippen molar-refractivity contribution in [3.8, 4) is 0 Å². The summed E-state index contributed by atoms with van der Waals surface area (Å²) >= 11 is 0. The van der Waals surface area contributed by atoms with Crippen molar-refractivity contribution in [3.63, 3.8) is 0 Å². The predicted molar refractivity (Wildman–Crippen MR) is 63.9 cm³/mol. The molecule has 0 aliphatic heterocycles. The third-order valence-electron chi connectivity index (χ3n) is 2.52. The molecule has 0 amide bonds. The van der Waals surface area contributed by atoms with Gasteiger partial charge < -0.3 is 10.3 Å². The Labute approximate surface area is 109 Å². The van der Waals surface area contributed by atoms with Gasteiger partial charge in [0.2, 0.25) is 10.0 Å². The lowest BCUT2D eigenvalue weighted by molar-refractivity contribution is -0.132. The van der Waals surface area contributed by atoms with E-state index in [0.29, 0.717) is 12.2 Å². The van der Waals surface area contributed by atoms with Crippen LogP contribution in [0.2, 0.25) is 0 Å². The maximum atomic E-state index is 12.0. The SMILES string of the molecule is CCn1cc(S(=O)(=O)NCCC(F)(F)F)cc1CN. The van der Waals surface area contributed by atoms with Crippen molar-refractivity contribution in [3.05, 3.63) is 18.0 Å². The van der Waals surface area contributed by atoms with Crippen LogP contribution in [0.1, 0.15) is 19.0 Å². The van der Waals surface area contributed by atoms with Crippen LogP contribution in [0.5, 0.6) is 0 Å². The van der Waals surface area contributed by atoms with Crippen LogP contribution in [0.15, 0.2) is 17.2 Å². The number of aryl methyl sites for hydroxylation is 1. The lowest BCUT2D eigenvalue weighted by Gasteiger charge is -2.07. The molecule has 0 radical (unpaired) electrons. The minimum atomic E-state index is -4.39. The molecule has 0 saturated heterocycles. The molecule has 19 heavy (non-hydrogen) atoms. The molecule has 0 atom stereocenters. The molecule has 1 heterocycles. The molecule has 0 aliphatic carbocycles. The van der Waals surface area contributed by atoms with E-state index in [0.717, 1.165) is 0 Å². The van der Waals surface area contributed by atoms with Gasteiger partial charge in [-0.1, -0.05) is 0 Å². The first kappa shape index (κ1) is 16.0. The number of nitrogens with two attached hydrogens (primary N) is 1. The first-order valence-corrected chi connectivity index (χ1v) is 7.13. The van der Waals surface area contributed by atoms with Crippen molar-refractivity contribution in [2.75, 3.05) is 6.54 Å². The van der Waals surface area contributed by atoms with Crippen LogP contribution >= 0.6 is 0 Å². The Morgan fingerprint density at radius 2 is 2.05 bits per heavy atom. The Kier molecular flexibility index (Phi) is 4.99. The van der Waals surface area contributed by atoms with Crippen LogP contribution in [0.3, 0.4) is 0 Å². The van der Waals surface area contributed by atoms with E-state index < -0.39 is 29.2 Å². The number of rotatable bonds is 6. The number of nitrogens with zero attached hydrogens (tertiary/aromatic N) is 1. The molecule has 0 bridgehead atoms. The summed E-state index contributed by atoms with van der Waals surface area (Å²) in [7, 11) is -3.93. The lowest BCUT2D eigenvalue weighted by atomic mass is 10.4. The monoisotopic (exact) mass is 299 g/mol. The van der Waals surface area contributed by atoms with E-state index in [9.17, 15) is 21.6 Å². The zero-order valence-corrected chi connectivity index (χ0v) is 11.2. The average Bonchev–Trinajstić information content (AvgIpc) is 2.70. The van der Waals surface area contributed by atoms with Crippen molar-refractivity contribution in [1.82, 2.24) is 9.29 Å². The zero-order valence-electron chi connectivity index (χ0n) is 10.4. The number of aromatic nitrogens is 1. The summed E-state index contributed by atoms with van der Waals surface area (Å²) in [5, 5.41) is 0. The second-order valence-corrected chi connectivity index (χ2v) is 5.69. The smallest absolute Gasteiger partial charge is 0.349 e. The number of hydrogen-bond donors (Lipinski definition) is 2. The van der Waals surface area contributed by atoms with Gasteiger partial charge in [0.05, 0.1) is 11.3 Å². The van der Waals surface area contributed by atoms with Crippen molar-refractivity contribution in [1.29, 1.82) is 0 Å². The Hall–Kier alpha value is -1.06. The highest BCUT2D eigenvalue weighted by Gasteiger charge is 2.27. The summed E-state index contributed by atoms with van der Waals surface area (Å²) in [6, 6.07) is 1.36. The van der Waals surface area contributed by atoms with Gasteiger partial charge in [-0.25, -0.2) is 13.1 Å². The summed E-state index contributed by atoms with van der Waals surface area (Å²) < 4.78 is 63.0. The highest BCUT2D eigenvalue weighted by molar-refractivity contribution is 7.89. The van der Waals surface area contributed by atoms with Gasteiger partial charge in [0, 0.05) is 31.5 Å². The van der Waals surface area contributed by atoms with Gasteiger partial charge in [0.1, 0.15) is 0 Å². The fourth-order valence-corrected chi connectivity index (χ4v) is 2.64. The number of hydrogen-bond acceptors (Lipinski definition) is 3. The zero-order chi connectivity index (χ0) is 14.7. The summed E-state index contributed by atoms with van der Waals surface area (Å²) in [4.78, 5) is -0.0722. The first-order chi connectivity index (χ1) is 8.69. The van der Waals surface area contributed by atoms with E-state index >= 15 is 0 Å². The molecule has 110 valence electrons. The van der Waals surface area contributed by atoms with E-state index in [2.05, 4.69) is 0 Å². The van der Waals surface area contributed by atoms with Gasteiger partial charge in [-0.05, 0) is 13.0 Å². The largest absolute Gasteiger partial charge is 0.390 e. The van der Waals surface area contributed by atoms with Gasteiger partial charge >= 0.3 is 6.18 Å². The number of nitrogens with one attached hydrogen (secondary N) is 1. The van der Waals surface area contributed by atoms with Crippen molar-refractivity contribution >= 4 is 10.0 Å². The lowest BCUT2D eigenvalue weighted by Crippen LogP contribution is -2.27. The summed E-state index contributed by atoms with van der Waals surface area (Å²) in [6.07, 6.45) is -4.23. The van der Waals surface area contributed by atoms with Gasteiger partial charge in [-0.2, -0.15) is 13.2 Å². The Morgan fingerprint density at radius 1 is 1.42 bits per heavy atom. The minimum Gasteiger partial charge on any atom is -0.349 e. The normalized spacial score (nSPS) is 12.9. The first-order valence-electron chi connectivity index (χ1n) is 5.65. The molecule has 0 unspecified atom stereocenters. The molecule has 9 heteroatoms.